The van der Waals surface area contributed by atoms with Crippen molar-refractivity contribution in [2.75, 3.05) is 5.32 Å². The van der Waals surface area contributed by atoms with Crippen LogP contribution in [0.3, 0.4) is 0 Å². The van der Waals surface area contributed by atoms with Crippen LogP contribution in [0.4, 0.5) is 18.9 Å². The fourth-order valence-corrected chi connectivity index (χ4v) is 4.05. The van der Waals surface area contributed by atoms with Gasteiger partial charge in [-0.25, -0.2) is 4.98 Å². The lowest BCUT2D eigenvalue weighted by Gasteiger charge is -2.15. The van der Waals surface area contributed by atoms with Crippen LogP contribution in [-0.2, 0) is 12.7 Å². The zero-order valence-corrected chi connectivity index (χ0v) is 18.5. The number of halogens is 3. The van der Waals surface area contributed by atoms with E-state index in [2.05, 4.69) is 10.3 Å². The number of aromatic nitrogens is 3. The van der Waals surface area contributed by atoms with Gasteiger partial charge in [0.1, 0.15) is 17.0 Å². The standard InChI is InChI=1S/C26H19F3N4O2/c1-16-11-12-22-31-23-18(25(35)33(22)14-16)13-21(32(23)15-17-7-3-2-4-8-17)24(34)30-20-10-6-5-9-19(20)26(27,28)29/h2-14H,15H2,1H3,(H,30,34). The van der Waals surface area contributed by atoms with E-state index in [9.17, 15) is 22.8 Å². The minimum atomic E-state index is -4.64. The Hall–Kier alpha value is -4.40. The number of nitrogens with zero attached hydrogens (tertiary/aromatic N) is 3. The van der Waals surface area contributed by atoms with E-state index in [0.29, 0.717) is 5.65 Å². The third kappa shape index (κ3) is 4.16. The fourth-order valence-electron chi connectivity index (χ4n) is 4.05. The number of fused-ring (bicyclic) bond motifs is 2. The lowest BCUT2D eigenvalue weighted by Crippen LogP contribution is -2.20. The SMILES string of the molecule is Cc1ccc2nc3c(cc(C(=O)Nc4ccccc4C(F)(F)F)n3Cc3ccccc3)c(=O)n2c1. The second kappa shape index (κ2) is 8.43. The quantitative estimate of drug-likeness (QED) is 0.384. The van der Waals surface area contributed by atoms with E-state index in [1.807, 2.05) is 43.3 Å². The van der Waals surface area contributed by atoms with Gasteiger partial charge in [0, 0.05) is 12.7 Å². The topological polar surface area (TPSA) is 68.4 Å². The molecule has 3 aromatic heterocycles. The number of carbonyl (C=O) groups excluding carboxylic acids is 1. The van der Waals surface area contributed by atoms with Gasteiger partial charge in [-0.3, -0.25) is 14.0 Å². The summed E-state index contributed by atoms with van der Waals surface area (Å²) in [4.78, 5) is 31.2. The number of hydrogen-bond acceptors (Lipinski definition) is 3. The molecule has 0 aliphatic heterocycles. The molecule has 176 valence electrons. The molecule has 0 radical (unpaired) electrons. The van der Waals surface area contributed by atoms with E-state index in [1.165, 1.54) is 28.7 Å². The Kier molecular flexibility index (Phi) is 5.39. The minimum Gasteiger partial charge on any atom is -0.320 e. The molecule has 1 N–H and O–H groups in total. The highest BCUT2D eigenvalue weighted by molar-refractivity contribution is 6.06. The number of anilines is 1. The highest BCUT2D eigenvalue weighted by atomic mass is 19.4. The van der Waals surface area contributed by atoms with Gasteiger partial charge in [-0.1, -0.05) is 48.5 Å². The van der Waals surface area contributed by atoms with E-state index in [0.717, 1.165) is 17.2 Å². The van der Waals surface area contributed by atoms with E-state index < -0.39 is 17.6 Å². The normalized spacial score (nSPS) is 11.8. The van der Waals surface area contributed by atoms with E-state index in [-0.39, 0.29) is 34.5 Å². The van der Waals surface area contributed by atoms with Crippen molar-refractivity contribution in [3.8, 4) is 0 Å². The molecular formula is C26H19F3N4O2. The Labute approximate surface area is 197 Å². The van der Waals surface area contributed by atoms with Crippen LogP contribution in [0, 0.1) is 6.92 Å². The van der Waals surface area contributed by atoms with Crippen LogP contribution in [-0.4, -0.2) is 19.9 Å². The van der Waals surface area contributed by atoms with Crippen LogP contribution >= 0.6 is 0 Å². The molecule has 0 atom stereocenters. The molecule has 3 heterocycles. The van der Waals surface area contributed by atoms with Crippen molar-refractivity contribution in [2.24, 2.45) is 0 Å². The predicted molar refractivity (Wildman–Crippen MR) is 127 cm³/mol. The molecule has 35 heavy (non-hydrogen) atoms. The van der Waals surface area contributed by atoms with E-state index in [4.69, 9.17) is 0 Å². The molecule has 2 aromatic carbocycles. The third-order valence-corrected chi connectivity index (χ3v) is 5.71. The average Bonchev–Trinajstić information content (AvgIpc) is 3.18. The molecule has 0 spiro atoms. The van der Waals surface area contributed by atoms with Gasteiger partial charge >= 0.3 is 6.18 Å². The smallest absolute Gasteiger partial charge is 0.320 e. The molecule has 5 aromatic rings. The Morgan fingerprint density at radius 1 is 1.00 bits per heavy atom. The second-order valence-corrected chi connectivity index (χ2v) is 8.19. The third-order valence-electron chi connectivity index (χ3n) is 5.71. The zero-order valence-electron chi connectivity index (χ0n) is 18.5. The highest BCUT2D eigenvalue weighted by Crippen LogP contribution is 2.35. The summed E-state index contributed by atoms with van der Waals surface area (Å²) in [5.74, 6) is -0.778. The molecule has 0 bridgehead atoms. The van der Waals surface area contributed by atoms with Crippen molar-refractivity contribution < 1.29 is 18.0 Å². The van der Waals surface area contributed by atoms with Crippen molar-refractivity contribution in [3.05, 3.63) is 112 Å². The molecule has 0 aliphatic rings. The van der Waals surface area contributed by atoms with Crippen molar-refractivity contribution >= 4 is 28.3 Å². The maximum Gasteiger partial charge on any atom is 0.418 e. The Bertz CT molecular complexity index is 1640. The number of nitrogens with one attached hydrogen (secondary N) is 1. The van der Waals surface area contributed by atoms with Gasteiger partial charge in [-0.05, 0) is 42.3 Å². The molecule has 0 unspecified atom stereocenters. The van der Waals surface area contributed by atoms with Crippen LogP contribution in [0.5, 0.6) is 0 Å². The molecule has 0 saturated carbocycles. The van der Waals surface area contributed by atoms with Gasteiger partial charge in [0.05, 0.1) is 16.6 Å². The number of aryl methyl sites for hydroxylation is 1. The van der Waals surface area contributed by atoms with Gasteiger partial charge in [-0.15, -0.1) is 0 Å². The second-order valence-electron chi connectivity index (χ2n) is 8.19. The number of pyridine rings is 1. The number of para-hydroxylation sites is 1. The molecular weight excluding hydrogens is 457 g/mol. The number of alkyl halides is 3. The maximum atomic E-state index is 13.5. The van der Waals surface area contributed by atoms with Crippen molar-refractivity contribution in [1.82, 2.24) is 14.0 Å². The van der Waals surface area contributed by atoms with Crippen molar-refractivity contribution in [1.29, 1.82) is 0 Å². The predicted octanol–water partition coefficient (Wildman–Crippen LogP) is 5.28. The summed E-state index contributed by atoms with van der Waals surface area (Å²) in [7, 11) is 0. The van der Waals surface area contributed by atoms with E-state index >= 15 is 0 Å². The summed E-state index contributed by atoms with van der Waals surface area (Å²) in [5, 5.41) is 2.57. The first-order valence-corrected chi connectivity index (χ1v) is 10.8. The van der Waals surface area contributed by atoms with Crippen molar-refractivity contribution in [3.63, 3.8) is 0 Å². The number of benzene rings is 2. The summed E-state index contributed by atoms with van der Waals surface area (Å²) in [5.41, 5.74) is 0.687. The lowest BCUT2D eigenvalue weighted by molar-refractivity contribution is -0.136. The number of carbonyl (C=O) groups is 1. The first-order chi connectivity index (χ1) is 16.7. The molecule has 0 fully saturated rings. The highest BCUT2D eigenvalue weighted by Gasteiger charge is 2.34. The summed E-state index contributed by atoms with van der Waals surface area (Å²) in [6, 6.07) is 18.9. The van der Waals surface area contributed by atoms with E-state index in [1.54, 1.807) is 16.8 Å². The molecule has 0 saturated heterocycles. The average molecular weight is 476 g/mol. The molecule has 9 heteroatoms. The maximum absolute atomic E-state index is 13.5. The van der Waals surface area contributed by atoms with Gasteiger partial charge in [0.15, 0.2) is 0 Å². The first-order valence-electron chi connectivity index (χ1n) is 10.8. The Morgan fingerprint density at radius 3 is 2.46 bits per heavy atom. The summed E-state index contributed by atoms with van der Waals surface area (Å²) in [6.07, 6.45) is -2.99. The summed E-state index contributed by atoms with van der Waals surface area (Å²) >= 11 is 0. The minimum absolute atomic E-state index is 0.0260. The Balaban J connectivity index is 1.69. The van der Waals surface area contributed by atoms with Crippen LogP contribution < -0.4 is 10.9 Å². The van der Waals surface area contributed by atoms with Gasteiger partial charge in [0.2, 0.25) is 0 Å². The summed E-state index contributed by atoms with van der Waals surface area (Å²) < 4.78 is 43.4. The van der Waals surface area contributed by atoms with Crippen LogP contribution in [0.25, 0.3) is 16.7 Å². The first kappa shape index (κ1) is 22.4. The Morgan fingerprint density at radius 2 is 1.71 bits per heavy atom. The lowest BCUT2D eigenvalue weighted by atomic mass is 10.1. The van der Waals surface area contributed by atoms with Gasteiger partial charge in [0.25, 0.3) is 11.5 Å². The van der Waals surface area contributed by atoms with Crippen LogP contribution in [0.2, 0.25) is 0 Å². The number of hydrogen-bond donors (Lipinski definition) is 1. The zero-order chi connectivity index (χ0) is 24.7. The fraction of sp³-hybridized carbons (Fsp3) is 0.115. The molecule has 6 nitrogen and oxygen atoms in total. The largest absolute Gasteiger partial charge is 0.418 e. The number of amides is 1. The van der Waals surface area contributed by atoms with Gasteiger partial charge in [-0.2, -0.15) is 13.2 Å². The molecule has 1 amide bonds. The number of rotatable bonds is 4. The monoisotopic (exact) mass is 476 g/mol. The van der Waals surface area contributed by atoms with Crippen LogP contribution in [0.15, 0.2) is 83.8 Å². The van der Waals surface area contributed by atoms with Crippen LogP contribution in [0.1, 0.15) is 27.2 Å². The molecule has 0 aliphatic carbocycles. The van der Waals surface area contributed by atoms with Crippen molar-refractivity contribution in [2.45, 2.75) is 19.6 Å². The van der Waals surface area contributed by atoms with Gasteiger partial charge < -0.3 is 9.88 Å². The molecule has 5 rings (SSSR count). The summed E-state index contributed by atoms with van der Waals surface area (Å²) in [6.45, 7) is 2.04.